The summed E-state index contributed by atoms with van der Waals surface area (Å²) in [7, 11) is 1.80. The summed E-state index contributed by atoms with van der Waals surface area (Å²) >= 11 is 0. The van der Waals surface area contributed by atoms with Crippen LogP contribution in [-0.4, -0.2) is 14.8 Å². The topological polar surface area (TPSA) is 59.6 Å². The van der Waals surface area contributed by atoms with Crippen molar-refractivity contribution < 1.29 is 4.39 Å². The number of hydrogen-bond acceptors (Lipinski definition) is 2. The van der Waals surface area contributed by atoms with E-state index in [4.69, 9.17) is 5.73 Å². The Hall–Kier alpha value is -2.30. The summed E-state index contributed by atoms with van der Waals surface area (Å²) in [5.41, 5.74) is 7.76. The molecule has 2 heterocycles. The first-order valence-electron chi connectivity index (χ1n) is 5.22. The van der Waals surface area contributed by atoms with E-state index in [1.165, 1.54) is 6.07 Å². The van der Waals surface area contributed by atoms with Gasteiger partial charge in [-0.3, -0.25) is 4.68 Å². The summed E-state index contributed by atoms with van der Waals surface area (Å²) < 4.78 is 15.2. The fraction of sp³-hybridized carbons (Fsp3) is 0.0833. The van der Waals surface area contributed by atoms with Crippen LogP contribution in [0, 0.1) is 5.82 Å². The number of H-pyrrole nitrogens is 1. The van der Waals surface area contributed by atoms with E-state index < -0.39 is 0 Å². The molecule has 4 nitrogen and oxygen atoms in total. The quantitative estimate of drug-likeness (QED) is 0.673. The second kappa shape index (κ2) is 3.35. The van der Waals surface area contributed by atoms with Gasteiger partial charge in [-0.2, -0.15) is 5.10 Å². The predicted octanol–water partition coefficient (Wildman–Crippen LogP) is 2.29. The zero-order valence-electron chi connectivity index (χ0n) is 9.24. The fourth-order valence-electron chi connectivity index (χ4n) is 2.00. The van der Waals surface area contributed by atoms with Crippen molar-refractivity contribution in [2.75, 3.05) is 5.73 Å². The molecule has 0 aliphatic rings. The lowest BCUT2D eigenvalue weighted by Gasteiger charge is -1.96. The highest BCUT2D eigenvalue weighted by molar-refractivity contribution is 5.85. The largest absolute Gasteiger partial charge is 0.382 e. The molecule has 0 saturated carbocycles. The van der Waals surface area contributed by atoms with Crippen molar-refractivity contribution in [3.05, 3.63) is 36.1 Å². The van der Waals surface area contributed by atoms with Crippen LogP contribution < -0.4 is 5.73 Å². The van der Waals surface area contributed by atoms with Crippen LogP contribution in [0.1, 0.15) is 0 Å². The van der Waals surface area contributed by atoms with Crippen molar-refractivity contribution in [2.45, 2.75) is 0 Å². The Morgan fingerprint density at radius 3 is 2.82 bits per heavy atom. The Kier molecular flexibility index (Phi) is 1.95. The summed E-state index contributed by atoms with van der Waals surface area (Å²) in [6.45, 7) is 0. The zero-order valence-corrected chi connectivity index (χ0v) is 9.24. The smallest absolute Gasteiger partial charge is 0.147 e. The predicted molar refractivity (Wildman–Crippen MR) is 64.9 cm³/mol. The Bertz CT molecular complexity index is 696. The van der Waals surface area contributed by atoms with Crippen LogP contribution in [0.25, 0.3) is 22.3 Å². The minimum atomic E-state index is -0.260. The molecule has 17 heavy (non-hydrogen) atoms. The molecule has 0 fully saturated rings. The average Bonchev–Trinajstić information content (AvgIpc) is 2.82. The highest BCUT2D eigenvalue weighted by Gasteiger charge is 2.10. The van der Waals surface area contributed by atoms with E-state index in [1.807, 2.05) is 12.1 Å². The molecule has 0 aliphatic heterocycles. The molecule has 86 valence electrons. The Labute approximate surface area is 96.9 Å². The number of hydrogen-bond donors (Lipinski definition) is 2. The monoisotopic (exact) mass is 230 g/mol. The van der Waals surface area contributed by atoms with Gasteiger partial charge in [0.1, 0.15) is 11.6 Å². The van der Waals surface area contributed by atoms with Gasteiger partial charge in [-0.1, -0.05) is 12.1 Å². The van der Waals surface area contributed by atoms with Crippen molar-refractivity contribution in [2.24, 2.45) is 7.05 Å². The molecule has 3 rings (SSSR count). The number of halogens is 1. The lowest BCUT2D eigenvalue weighted by molar-refractivity contribution is 0.637. The van der Waals surface area contributed by atoms with E-state index in [9.17, 15) is 4.39 Å². The summed E-state index contributed by atoms with van der Waals surface area (Å²) in [5, 5.41) is 4.89. The number of nitrogens with one attached hydrogen (secondary N) is 1. The first-order valence-corrected chi connectivity index (χ1v) is 5.22. The van der Waals surface area contributed by atoms with Gasteiger partial charge in [0.05, 0.1) is 16.9 Å². The van der Waals surface area contributed by atoms with Gasteiger partial charge in [0, 0.05) is 18.5 Å². The molecule has 3 aromatic rings. The molecule has 0 atom stereocenters. The first-order chi connectivity index (χ1) is 8.15. The minimum Gasteiger partial charge on any atom is -0.382 e. The van der Waals surface area contributed by atoms with Crippen LogP contribution in [-0.2, 0) is 7.05 Å². The maximum Gasteiger partial charge on any atom is 0.147 e. The molecule has 0 bridgehead atoms. The summed E-state index contributed by atoms with van der Waals surface area (Å²) in [5.74, 6) is 0.186. The highest BCUT2D eigenvalue weighted by atomic mass is 19.1. The van der Waals surface area contributed by atoms with E-state index in [1.54, 1.807) is 23.9 Å². The molecule has 0 saturated heterocycles. The standard InChI is InChI=1S/C12H11FN4/c1-17-10(6-11(14)16-17)9-5-7-3-2-4-8(13)12(7)15-9/h2-6,15H,1H3,(H2,14,16). The van der Waals surface area contributed by atoms with Crippen molar-refractivity contribution in [3.63, 3.8) is 0 Å². The number of aromatic nitrogens is 3. The number of nitrogens with two attached hydrogens (primary N) is 1. The molecular weight excluding hydrogens is 219 g/mol. The fourth-order valence-corrected chi connectivity index (χ4v) is 2.00. The SMILES string of the molecule is Cn1nc(N)cc1-c1cc2cccc(F)c2[nH]1. The Balaban J connectivity index is 2.25. The van der Waals surface area contributed by atoms with E-state index in [0.29, 0.717) is 11.3 Å². The maximum absolute atomic E-state index is 13.5. The molecule has 3 N–H and O–H groups in total. The summed E-state index contributed by atoms with van der Waals surface area (Å²) in [6, 6.07) is 8.61. The summed E-state index contributed by atoms with van der Waals surface area (Å²) in [4.78, 5) is 3.04. The third kappa shape index (κ3) is 1.47. The van der Waals surface area contributed by atoms with E-state index in [2.05, 4.69) is 10.1 Å². The number of aryl methyl sites for hydroxylation is 1. The van der Waals surface area contributed by atoms with Crippen LogP contribution >= 0.6 is 0 Å². The van der Waals surface area contributed by atoms with E-state index >= 15 is 0 Å². The molecule has 0 aliphatic carbocycles. The molecule has 5 heteroatoms. The van der Waals surface area contributed by atoms with E-state index in [0.717, 1.165) is 16.8 Å². The molecular formula is C12H11FN4. The molecule has 2 aromatic heterocycles. The van der Waals surface area contributed by atoms with Crippen LogP contribution in [0.4, 0.5) is 10.2 Å². The molecule has 0 amide bonds. The van der Waals surface area contributed by atoms with Crippen LogP contribution in [0.15, 0.2) is 30.3 Å². The number of nitrogens with zero attached hydrogens (tertiary/aromatic N) is 2. The first kappa shape index (κ1) is 9.89. The molecule has 0 radical (unpaired) electrons. The number of para-hydroxylation sites is 1. The second-order valence-electron chi connectivity index (χ2n) is 3.97. The van der Waals surface area contributed by atoms with Gasteiger partial charge in [-0.05, 0) is 12.1 Å². The van der Waals surface area contributed by atoms with Crippen LogP contribution in [0.2, 0.25) is 0 Å². The van der Waals surface area contributed by atoms with Crippen molar-refractivity contribution in [1.29, 1.82) is 0 Å². The third-order valence-corrected chi connectivity index (χ3v) is 2.78. The maximum atomic E-state index is 13.5. The number of benzene rings is 1. The number of fused-ring (bicyclic) bond motifs is 1. The van der Waals surface area contributed by atoms with Gasteiger partial charge < -0.3 is 10.7 Å². The number of nitrogen functional groups attached to an aromatic ring is 1. The normalized spacial score (nSPS) is 11.2. The number of rotatable bonds is 1. The molecule has 0 spiro atoms. The Morgan fingerprint density at radius 2 is 2.18 bits per heavy atom. The van der Waals surface area contributed by atoms with E-state index in [-0.39, 0.29) is 5.82 Å². The van der Waals surface area contributed by atoms with Crippen molar-refractivity contribution in [3.8, 4) is 11.4 Å². The van der Waals surface area contributed by atoms with Crippen molar-refractivity contribution >= 4 is 16.7 Å². The van der Waals surface area contributed by atoms with Gasteiger partial charge in [0.25, 0.3) is 0 Å². The molecule has 1 aromatic carbocycles. The van der Waals surface area contributed by atoms with Crippen LogP contribution in [0.3, 0.4) is 0 Å². The summed E-state index contributed by atoms with van der Waals surface area (Å²) in [6.07, 6.45) is 0. The van der Waals surface area contributed by atoms with Gasteiger partial charge in [-0.25, -0.2) is 4.39 Å². The van der Waals surface area contributed by atoms with Gasteiger partial charge >= 0.3 is 0 Å². The lowest BCUT2D eigenvalue weighted by atomic mass is 10.2. The second-order valence-corrected chi connectivity index (χ2v) is 3.97. The minimum absolute atomic E-state index is 0.260. The number of anilines is 1. The third-order valence-electron chi connectivity index (χ3n) is 2.78. The highest BCUT2D eigenvalue weighted by Crippen LogP contribution is 2.26. The number of aromatic amines is 1. The molecule has 0 unspecified atom stereocenters. The van der Waals surface area contributed by atoms with Gasteiger partial charge in [0.15, 0.2) is 0 Å². The van der Waals surface area contributed by atoms with Gasteiger partial charge in [0.2, 0.25) is 0 Å². The lowest BCUT2D eigenvalue weighted by Crippen LogP contribution is -1.94. The van der Waals surface area contributed by atoms with Crippen LogP contribution in [0.5, 0.6) is 0 Å². The van der Waals surface area contributed by atoms with Crippen molar-refractivity contribution in [1.82, 2.24) is 14.8 Å². The van der Waals surface area contributed by atoms with Gasteiger partial charge in [-0.15, -0.1) is 0 Å². The Morgan fingerprint density at radius 1 is 1.35 bits per heavy atom. The zero-order chi connectivity index (χ0) is 12.0. The average molecular weight is 230 g/mol.